The number of rotatable bonds is 6. The van der Waals surface area contributed by atoms with Crippen LogP contribution in [0.15, 0.2) is 36.5 Å². The van der Waals surface area contributed by atoms with E-state index in [1.165, 1.54) is 18.3 Å². The molecular weight excluding hydrogens is 466 g/mol. The third-order valence-electron chi connectivity index (χ3n) is 7.36. The van der Waals surface area contributed by atoms with E-state index in [4.69, 9.17) is 8.85 Å². The number of nitrogens with zero attached hydrogens (tertiary/aromatic N) is 5. The van der Waals surface area contributed by atoms with Crippen molar-refractivity contribution in [2.45, 2.75) is 68.9 Å². The average molecular weight is 498 g/mol. The van der Waals surface area contributed by atoms with Gasteiger partial charge in [0.1, 0.15) is 17.6 Å². The zero-order valence-electron chi connectivity index (χ0n) is 22.4. The minimum atomic E-state index is -2.78. The Labute approximate surface area is 212 Å². The fourth-order valence-electron chi connectivity index (χ4n) is 5.51. The van der Waals surface area contributed by atoms with Crippen LogP contribution >= 0.6 is 0 Å². The number of hydrogen-bond donors (Lipinski definition) is 2. The van der Waals surface area contributed by atoms with Crippen molar-refractivity contribution in [3.63, 3.8) is 0 Å². The van der Waals surface area contributed by atoms with E-state index in [-0.39, 0.29) is 29.4 Å². The van der Waals surface area contributed by atoms with Crippen LogP contribution in [-0.2, 0) is 0 Å². The SMILES string of the molecule is [2H]C([2H])([2H])Oc1cc(-c2ccc(-c3cnc(N(C4CC4)[C@@H]4C[C@@H]5CCC[C@H](N5)[C@@H]4F)nn3)c(O)c2)cc(F)n1. The molecule has 4 heterocycles. The molecule has 0 unspecified atom stereocenters. The highest BCUT2D eigenvalue weighted by Gasteiger charge is 2.47. The fourth-order valence-corrected chi connectivity index (χ4v) is 5.51. The summed E-state index contributed by atoms with van der Waals surface area (Å²) in [7, 11) is -2.78. The summed E-state index contributed by atoms with van der Waals surface area (Å²) < 4.78 is 55.8. The Balaban J connectivity index is 1.24. The van der Waals surface area contributed by atoms with Crippen molar-refractivity contribution in [1.29, 1.82) is 0 Å². The molecule has 0 amide bonds. The van der Waals surface area contributed by atoms with Crippen LogP contribution in [0.4, 0.5) is 14.7 Å². The Morgan fingerprint density at radius 2 is 2.03 bits per heavy atom. The third-order valence-corrected chi connectivity index (χ3v) is 7.36. The maximum absolute atomic E-state index is 15.5. The number of pyridine rings is 1. The van der Waals surface area contributed by atoms with Gasteiger partial charge < -0.3 is 20.1 Å². The van der Waals surface area contributed by atoms with Gasteiger partial charge in [-0.25, -0.2) is 9.37 Å². The number of benzene rings is 1. The number of alkyl halides is 1. The molecule has 10 heteroatoms. The highest BCUT2D eigenvalue weighted by atomic mass is 19.1. The highest BCUT2D eigenvalue weighted by Crippen LogP contribution is 2.39. The molecule has 3 aliphatic rings. The molecule has 1 aromatic carbocycles. The Morgan fingerprint density at radius 1 is 1.14 bits per heavy atom. The second kappa shape index (κ2) is 9.24. The number of anilines is 1. The molecule has 2 aromatic heterocycles. The molecule has 2 N–H and O–H groups in total. The Morgan fingerprint density at radius 3 is 2.78 bits per heavy atom. The lowest BCUT2D eigenvalue weighted by Crippen LogP contribution is -2.62. The second-order valence-electron chi connectivity index (χ2n) is 9.78. The van der Waals surface area contributed by atoms with Gasteiger partial charge in [-0.2, -0.15) is 9.37 Å². The van der Waals surface area contributed by atoms with Crippen molar-refractivity contribution >= 4 is 5.95 Å². The molecule has 1 aliphatic carbocycles. The zero-order chi connectivity index (χ0) is 27.3. The topological polar surface area (TPSA) is 96.3 Å². The van der Waals surface area contributed by atoms with E-state index in [0.29, 0.717) is 35.2 Å². The number of hydrogen-bond acceptors (Lipinski definition) is 8. The van der Waals surface area contributed by atoms with Gasteiger partial charge in [0.05, 0.1) is 23.4 Å². The van der Waals surface area contributed by atoms with Gasteiger partial charge >= 0.3 is 0 Å². The number of phenolic OH excluding ortho intramolecular Hbond substituents is 1. The second-order valence-corrected chi connectivity index (χ2v) is 9.78. The van der Waals surface area contributed by atoms with E-state index in [0.717, 1.165) is 38.2 Å². The maximum Gasteiger partial charge on any atom is 0.245 e. The molecule has 36 heavy (non-hydrogen) atoms. The van der Waals surface area contributed by atoms with E-state index in [2.05, 4.69) is 25.5 Å². The lowest BCUT2D eigenvalue weighted by atomic mass is 9.82. The van der Waals surface area contributed by atoms with Crippen molar-refractivity contribution in [2.24, 2.45) is 0 Å². The van der Waals surface area contributed by atoms with Gasteiger partial charge in [-0.1, -0.05) is 12.5 Å². The van der Waals surface area contributed by atoms with Crippen LogP contribution in [0.1, 0.15) is 42.6 Å². The number of fused-ring (bicyclic) bond motifs is 2. The number of methoxy groups -OCH3 is 1. The van der Waals surface area contributed by atoms with Gasteiger partial charge in [-0.3, -0.25) is 0 Å². The fraction of sp³-hybridized carbons (Fsp3) is 0.462. The highest BCUT2D eigenvalue weighted by molar-refractivity contribution is 5.74. The monoisotopic (exact) mass is 497 g/mol. The Kier molecular flexibility index (Phi) is 5.07. The number of piperidine rings is 2. The molecule has 6 rings (SSSR count). The van der Waals surface area contributed by atoms with Crippen LogP contribution in [0.2, 0.25) is 0 Å². The van der Waals surface area contributed by atoms with E-state index in [1.807, 2.05) is 4.90 Å². The van der Waals surface area contributed by atoms with Crippen molar-refractivity contribution in [2.75, 3.05) is 11.9 Å². The van der Waals surface area contributed by atoms with Gasteiger partial charge in [0.15, 0.2) is 0 Å². The van der Waals surface area contributed by atoms with Gasteiger partial charge in [0.2, 0.25) is 17.8 Å². The van der Waals surface area contributed by atoms with Gasteiger partial charge in [-0.15, -0.1) is 10.2 Å². The summed E-state index contributed by atoms with van der Waals surface area (Å²) in [6, 6.07) is 7.06. The minimum Gasteiger partial charge on any atom is -0.507 e. The third kappa shape index (κ3) is 4.34. The van der Waals surface area contributed by atoms with Gasteiger partial charge in [0, 0.05) is 35.8 Å². The molecule has 3 fully saturated rings. The number of nitrogens with one attached hydrogen (secondary N) is 1. The molecule has 8 nitrogen and oxygen atoms in total. The molecule has 2 aliphatic heterocycles. The predicted molar refractivity (Wildman–Crippen MR) is 130 cm³/mol. The van der Waals surface area contributed by atoms with Crippen LogP contribution in [-0.4, -0.2) is 62.6 Å². The Bertz CT molecular complexity index is 1360. The average Bonchev–Trinajstić information content (AvgIpc) is 3.72. The molecule has 1 saturated carbocycles. The lowest BCUT2D eigenvalue weighted by molar-refractivity contribution is 0.103. The molecular formula is C26H28F2N6O2. The Hall–Kier alpha value is -3.40. The summed E-state index contributed by atoms with van der Waals surface area (Å²) in [5, 5.41) is 22.8. The first-order valence-electron chi connectivity index (χ1n) is 13.7. The van der Waals surface area contributed by atoms with Gasteiger partial charge in [-0.05, 0) is 55.4 Å². The predicted octanol–water partition coefficient (Wildman–Crippen LogP) is 4.04. The van der Waals surface area contributed by atoms with Crippen LogP contribution in [0, 0.1) is 5.95 Å². The van der Waals surface area contributed by atoms with E-state index in [9.17, 15) is 9.50 Å². The summed E-state index contributed by atoms with van der Waals surface area (Å²) >= 11 is 0. The lowest BCUT2D eigenvalue weighted by Gasteiger charge is -2.46. The first kappa shape index (κ1) is 19.7. The summed E-state index contributed by atoms with van der Waals surface area (Å²) in [6.07, 6.45) is 6.06. The van der Waals surface area contributed by atoms with Crippen molar-refractivity contribution in [3.05, 3.63) is 42.5 Å². The van der Waals surface area contributed by atoms with E-state index >= 15 is 4.39 Å². The zero-order valence-corrected chi connectivity index (χ0v) is 19.4. The molecule has 188 valence electrons. The van der Waals surface area contributed by atoms with Crippen molar-refractivity contribution < 1.29 is 22.7 Å². The maximum atomic E-state index is 15.5. The summed E-state index contributed by atoms with van der Waals surface area (Å²) in [4.78, 5) is 9.99. The van der Waals surface area contributed by atoms with Crippen LogP contribution in [0.5, 0.6) is 11.6 Å². The standard InChI is InChI=1S/C26H28F2N6O2/c1-36-24-11-15(10-23(27)31-24)14-5-8-18(22(35)9-14)20-13-29-26(33-32-20)34(17-6-7-17)21-12-16-3-2-4-19(30-16)25(21)28/h5,8-11,13,16-17,19,21,25,30,35H,2-4,6-7,12H2,1H3/t16-,19-,21+,25-/m0/s1/i1D3. The molecule has 0 radical (unpaired) electrons. The molecule has 4 atom stereocenters. The quantitative estimate of drug-likeness (QED) is 0.493. The van der Waals surface area contributed by atoms with E-state index < -0.39 is 25.0 Å². The number of halogens is 2. The largest absolute Gasteiger partial charge is 0.507 e. The molecule has 0 spiro atoms. The number of ether oxygens (including phenoxy) is 1. The van der Waals surface area contributed by atoms with Gasteiger partial charge in [0.25, 0.3) is 0 Å². The smallest absolute Gasteiger partial charge is 0.245 e. The van der Waals surface area contributed by atoms with Crippen LogP contribution in [0.3, 0.4) is 0 Å². The van der Waals surface area contributed by atoms with Crippen LogP contribution in [0.25, 0.3) is 22.4 Å². The minimum absolute atomic E-state index is 0.142. The summed E-state index contributed by atoms with van der Waals surface area (Å²) in [6.45, 7) is 0. The molecule has 2 saturated heterocycles. The van der Waals surface area contributed by atoms with Crippen molar-refractivity contribution in [1.82, 2.24) is 25.5 Å². The summed E-state index contributed by atoms with van der Waals surface area (Å²) in [5.74, 6) is -1.08. The molecule has 3 aromatic rings. The molecule has 2 bridgehead atoms. The van der Waals surface area contributed by atoms with Crippen LogP contribution < -0.4 is 15.0 Å². The summed E-state index contributed by atoms with van der Waals surface area (Å²) in [5.41, 5.74) is 1.37. The number of aromatic nitrogens is 4. The normalized spacial score (nSPS) is 27.0. The van der Waals surface area contributed by atoms with E-state index in [1.54, 1.807) is 12.1 Å². The first-order chi connectivity index (χ1) is 18.6. The first-order valence-corrected chi connectivity index (χ1v) is 12.2. The van der Waals surface area contributed by atoms with Crippen molar-refractivity contribution in [3.8, 4) is 34.0 Å². The number of aromatic hydroxyl groups is 1. The number of phenols is 1.